The molecule has 22 heavy (non-hydrogen) atoms. The van der Waals surface area contributed by atoms with Gasteiger partial charge in [0.1, 0.15) is 0 Å². The number of carbonyl (C=O) groups is 1. The zero-order valence-electron chi connectivity index (χ0n) is 13.3. The minimum Gasteiger partial charge on any atom is -0.384 e. The summed E-state index contributed by atoms with van der Waals surface area (Å²) >= 11 is 1.72. The van der Waals surface area contributed by atoms with Gasteiger partial charge in [-0.1, -0.05) is 18.2 Å². The van der Waals surface area contributed by atoms with Crippen LogP contribution in [0.4, 0.5) is 0 Å². The second-order valence-electron chi connectivity index (χ2n) is 5.87. The molecule has 0 unspecified atom stereocenters. The number of thioether (sulfide) groups is 1. The van der Waals surface area contributed by atoms with Crippen LogP contribution in [0.3, 0.4) is 0 Å². The van der Waals surface area contributed by atoms with E-state index in [2.05, 4.69) is 22.8 Å². The van der Waals surface area contributed by atoms with Crippen LogP contribution in [0, 0.1) is 5.41 Å². The largest absolute Gasteiger partial charge is 0.384 e. The average molecular weight is 322 g/mol. The Balaban J connectivity index is 1.69. The van der Waals surface area contributed by atoms with E-state index >= 15 is 0 Å². The van der Waals surface area contributed by atoms with Crippen molar-refractivity contribution in [2.24, 2.45) is 5.41 Å². The lowest BCUT2D eigenvalue weighted by Crippen LogP contribution is -2.47. The van der Waals surface area contributed by atoms with Gasteiger partial charge in [0.05, 0.1) is 6.61 Å². The quantitative estimate of drug-likeness (QED) is 0.721. The highest BCUT2D eigenvalue weighted by Gasteiger charge is 2.32. The zero-order valence-corrected chi connectivity index (χ0v) is 14.1. The summed E-state index contributed by atoms with van der Waals surface area (Å²) in [5, 5.41) is 6.47. The molecule has 1 aliphatic heterocycles. The first-order chi connectivity index (χ1) is 10.7. The molecule has 0 bridgehead atoms. The lowest BCUT2D eigenvalue weighted by atomic mass is 9.79. The van der Waals surface area contributed by atoms with Crippen LogP contribution in [-0.2, 0) is 9.53 Å². The number of hydrogen-bond acceptors (Lipinski definition) is 4. The van der Waals surface area contributed by atoms with E-state index in [9.17, 15) is 4.79 Å². The first-order valence-electron chi connectivity index (χ1n) is 7.88. The third-order valence-corrected chi connectivity index (χ3v) is 5.13. The molecule has 0 saturated carbocycles. The fraction of sp³-hybridized carbons (Fsp3) is 0.588. The van der Waals surface area contributed by atoms with Crippen molar-refractivity contribution in [3.63, 3.8) is 0 Å². The summed E-state index contributed by atoms with van der Waals surface area (Å²) in [6.07, 6.45) is 2.67. The summed E-state index contributed by atoms with van der Waals surface area (Å²) in [5.41, 5.74) is 0.0994. The first-order valence-corrected chi connectivity index (χ1v) is 8.87. The summed E-state index contributed by atoms with van der Waals surface area (Å²) in [7, 11) is 1.74. The lowest BCUT2D eigenvalue weighted by molar-refractivity contribution is -0.121. The number of hydrogen-bond donors (Lipinski definition) is 2. The molecule has 5 heteroatoms. The van der Waals surface area contributed by atoms with E-state index in [4.69, 9.17) is 4.74 Å². The molecule has 1 aromatic rings. The monoisotopic (exact) mass is 322 g/mol. The van der Waals surface area contributed by atoms with Crippen molar-refractivity contribution < 1.29 is 9.53 Å². The Hall–Kier alpha value is -1.04. The molecule has 2 rings (SSSR count). The van der Waals surface area contributed by atoms with Gasteiger partial charge in [-0.25, -0.2) is 0 Å². The molecule has 0 radical (unpaired) electrons. The predicted molar refractivity (Wildman–Crippen MR) is 91.2 cm³/mol. The maximum Gasteiger partial charge on any atom is 0.220 e. The number of benzene rings is 1. The molecule has 0 aromatic heterocycles. The molecule has 2 N–H and O–H groups in total. The van der Waals surface area contributed by atoms with Gasteiger partial charge in [0.2, 0.25) is 5.91 Å². The van der Waals surface area contributed by atoms with Gasteiger partial charge < -0.3 is 15.4 Å². The highest BCUT2D eigenvalue weighted by Crippen LogP contribution is 2.28. The van der Waals surface area contributed by atoms with E-state index in [1.807, 2.05) is 18.2 Å². The Morgan fingerprint density at radius 2 is 2.05 bits per heavy atom. The Labute approximate surface area is 137 Å². The van der Waals surface area contributed by atoms with Crippen LogP contribution in [0.25, 0.3) is 0 Å². The second kappa shape index (κ2) is 9.18. The summed E-state index contributed by atoms with van der Waals surface area (Å²) in [6.45, 7) is 3.44. The highest BCUT2D eigenvalue weighted by atomic mass is 32.2. The standard InChI is InChI=1S/C17H26N2O2S/c1-21-14-17(8-10-18-11-9-17)13-19-16(20)7-12-22-15-5-3-2-4-6-15/h2-6,18H,7-14H2,1H3,(H,19,20). The van der Waals surface area contributed by atoms with Gasteiger partial charge in [-0.3, -0.25) is 4.79 Å². The molecule has 1 saturated heterocycles. The van der Waals surface area contributed by atoms with E-state index in [-0.39, 0.29) is 11.3 Å². The number of methoxy groups -OCH3 is 1. The van der Waals surface area contributed by atoms with Crippen molar-refractivity contribution >= 4 is 17.7 Å². The van der Waals surface area contributed by atoms with Gasteiger partial charge in [0.25, 0.3) is 0 Å². The van der Waals surface area contributed by atoms with Gasteiger partial charge in [-0.15, -0.1) is 11.8 Å². The summed E-state index contributed by atoms with van der Waals surface area (Å²) in [5.74, 6) is 0.951. The Morgan fingerprint density at radius 3 is 2.73 bits per heavy atom. The first kappa shape index (κ1) is 17.3. The maximum atomic E-state index is 12.0. The minimum absolute atomic E-state index is 0.0994. The van der Waals surface area contributed by atoms with Crippen LogP contribution in [0.2, 0.25) is 0 Å². The third-order valence-electron chi connectivity index (χ3n) is 4.12. The van der Waals surface area contributed by atoms with Crippen LogP contribution in [0.15, 0.2) is 35.2 Å². The van der Waals surface area contributed by atoms with Crippen molar-refractivity contribution in [3.8, 4) is 0 Å². The van der Waals surface area contributed by atoms with Crippen molar-refractivity contribution in [1.82, 2.24) is 10.6 Å². The Kier molecular flexibility index (Phi) is 7.22. The Morgan fingerprint density at radius 1 is 1.32 bits per heavy atom. The molecule has 0 spiro atoms. The summed E-state index contributed by atoms with van der Waals surface area (Å²) < 4.78 is 5.37. The predicted octanol–water partition coefficient (Wildman–Crippen LogP) is 2.30. The maximum absolute atomic E-state index is 12.0. The molecule has 0 atom stereocenters. The molecule has 1 fully saturated rings. The van der Waals surface area contributed by atoms with Crippen molar-refractivity contribution in [2.45, 2.75) is 24.2 Å². The van der Waals surface area contributed by atoms with Crippen molar-refractivity contribution in [3.05, 3.63) is 30.3 Å². The van der Waals surface area contributed by atoms with Gasteiger partial charge in [-0.05, 0) is 38.1 Å². The molecule has 4 nitrogen and oxygen atoms in total. The van der Waals surface area contributed by atoms with Crippen LogP contribution in [0.1, 0.15) is 19.3 Å². The molecular formula is C17H26N2O2S. The number of ether oxygens (including phenoxy) is 1. The highest BCUT2D eigenvalue weighted by molar-refractivity contribution is 7.99. The molecule has 1 aromatic carbocycles. The SMILES string of the molecule is COCC1(CNC(=O)CCSc2ccccc2)CCNCC1. The number of amides is 1. The van der Waals surface area contributed by atoms with Crippen LogP contribution in [0.5, 0.6) is 0 Å². The van der Waals surface area contributed by atoms with Crippen LogP contribution in [-0.4, -0.2) is 45.0 Å². The van der Waals surface area contributed by atoms with Crippen LogP contribution < -0.4 is 10.6 Å². The van der Waals surface area contributed by atoms with Gasteiger partial charge in [0.15, 0.2) is 0 Å². The van der Waals surface area contributed by atoms with Crippen molar-refractivity contribution in [2.75, 3.05) is 39.1 Å². The van der Waals surface area contributed by atoms with E-state index < -0.39 is 0 Å². The number of nitrogens with one attached hydrogen (secondary N) is 2. The molecule has 122 valence electrons. The summed E-state index contributed by atoms with van der Waals surface area (Å²) in [6, 6.07) is 10.2. The number of carbonyl (C=O) groups excluding carboxylic acids is 1. The minimum atomic E-state index is 0.0994. The smallest absolute Gasteiger partial charge is 0.220 e. The summed E-state index contributed by atoms with van der Waals surface area (Å²) in [4.78, 5) is 13.3. The van der Waals surface area contributed by atoms with Crippen molar-refractivity contribution in [1.29, 1.82) is 0 Å². The molecule has 1 aliphatic rings. The third kappa shape index (κ3) is 5.63. The second-order valence-corrected chi connectivity index (χ2v) is 7.04. The van der Waals surface area contributed by atoms with E-state index in [1.54, 1.807) is 18.9 Å². The fourth-order valence-electron chi connectivity index (χ4n) is 2.79. The number of rotatable bonds is 8. The zero-order chi connectivity index (χ0) is 15.7. The van der Waals surface area contributed by atoms with E-state index in [0.717, 1.165) is 38.2 Å². The molecule has 1 amide bonds. The van der Waals surface area contributed by atoms with Gasteiger partial charge in [0, 0.05) is 36.1 Å². The Bertz CT molecular complexity index is 442. The van der Waals surface area contributed by atoms with Crippen LogP contribution >= 0.6 is 11.8 Å². The van der Waals surface area contributed by atoms with E-state index in [0.29, 0.717) is 13.0 Å². The fourth-order valence-corrected chi connectivity index (χ4v) is 3.66. The van der Waals surface area contributed by atoms with Gasteiger partial charge in [-0.2, -0.15) is 0 Å². The molecule has 1 heterocycles. The molecule has 0 aliphatic carbocycles. The molecular weight excluding hydrogens is 296 g/mol. The average Bonchev–Trinajstić information content (AvgIpc) is 2.55. The number of piperidine rings is 1. The van der Waals surface area contributed by atoms with Gasteiger partial charge >= 0.3 is 0 Å². The normalized spacial score (nSPS) is 17.1. The lowest BCUT2D eigenvalue weighted by Gasteiger charge is -2.37. The van der Waals surface area contributed by atoms with E-state index in [1.165, 1.54) is 4.90 Å². The topological polar surface area (TPSA) is 50.4 Å².